The molecular formula is C19H18N2O3. The van der Waals surface area contributed by atoms with Crippen LogP contribution in [0.15, 0.2) is 60.8 Å². The number of amides is 1. The van der Waals surface area contributed by atoms with E-state index in [1.807, 2.05) is 48.7 Å². The lowest BCUT2D eigenvalue weighted by atomic mass is 10.1. The molecule has 0 saturated heterocycles. The highest BCUT2D eigenvalue weighted by molar-refractivity contribution is 5.85. The van der Waals surface area contributed by atoms with Crippen molar-refractivity contribution in [2.24, 2.45) is 0 Å². The first-order chi connectivity index (χ1) is 11.7. The summed E-state index contributed by atoms with van der Waals surface area (Å²) in [6.07, 6.45) is 1.77. The Morgan fingerprint density at radius 2 is 1.83 bits per heavy atom. The number of fused-ring (bicyclic) bond motifs is 1. The van der Waals surface area contributed by atoms with Gasteiger partial charge in [-0.3, -0.25) is 0 Å². The average molecular weight is 322 g/mol. The number of aldehydes is 1. The Bertz CT molecular complexity index is 855. The monoisotopic (exact) mass is 322 g/mol. The number of carbonyl (C=O) groups excluding carboxylic acids is 1. The first kappa shape index (κ1) is 15.8. The summed E-state index contributed by atoms with van der Waals surface area (Å²) in [5, 5.41) is 12.1. The molecule has 2 N–H and O–H groups in total. The zero-order valence-corrected chi connectivity index (χ0v) is 13.1. The van der Waals surface area contributed by atoms with Crippen molar-refractivity contribution in [3.8, 4) is 0 Å². The molecule has 3 rings (SSSR count). The molecule has 1 atom stereocenters. The highest BCUT2D eigenvalue weighted by atomic mass is 16.4. The molecule has 5 nitrogen and oxygen atoms in total. The van der Waals surface area contributed by atoms with Gasteiger partial charge in [-0.1, -0.05) is 48.5 Å². The summed E-state index contributed by atoms with van der Waals surface area (Å²) in [6, 6.07) is 17.3. The Morgan fingerprint density at radius 1 is 1.12 bits per heavy atom. The molecule has 2 aromatic carbocycles. The standard InChI is InChI=1S/C19H18N2O3/c22-13-16(20-19(23)24)10-15-12-21(11-14-6-2-1-3-7-14)18-9-5-4-8-17(15)18/h1-9,12-13,16,20H,10-11H2,(H,23,24). The van der Waals surface area contributed by atoms with Crippen molar-refractivity contribution in [3.63, 3.8) is 0 Å². The predicted octanol–water partition coefficient (Wildman–Crippen LogP) is 3.07. The summed E-state index contributed by atoms with van der Waals surface area (Å²) < 4.78 is 2.13. The van der Waals surface area contributed by atoms with Crippen LogP contribution in [-0.4, -0.2) is 28.1 Å². The van der Waals surface area contributed by atoms with Crippen LogP contribution in [0.5, 0.6) is 0 Å². The fourth-order valence-corrected chi connectivity index (χ4v) is 2.93. The van der Waals surface area contributed by atoms with Crippen molar-refractivity contribution in [1.29, 1.82) is 0 Å². The molecule has 5 heteroatoms. The predicted molar refractivity (Wildman–Crippen MR) is 92.2 cm³/mol. The van der Waals surface area contributed by atoms with Gasteiger partial charge in [0, 0.05) is 30.1 Å². The van der Waals surface area contributed by atoms with Gasteiger partial charge < -0.3 is 19.8 Å². The quantitative estimate of drug-likeness (QED) is 0.685. The number of benzene rings is 2. The maximum absolute atomic E-state index is 11.1. The molecular weight excluding hydrogens is 304 g/mol. The maximum Gasteiger partial charge on any atom is 0.405 e. The van der Waals surface area contributed by atoms with Crippen molar-refractivity contribution in [2.75, 3.05) is 0 Å². The first-order valence-corrected chi connectivity index (χ1v) is 7.73. The molecule has 1 heterocycles. The Hall–Kier alpha value is -3.08. The smallest absolute Gasteiger partial charge is 0.405 e. The van der Waals surface area contributed by atoms with Crippen LogP contribution in [0.2, 0.25) is 0 Å². The van der Waals surface area contributed by atoms with Crippen molar-refractivity contribution >= 4 is 23.3 Å². The second kappa shape index (κ2) is 7.00. The van der Waals surface area contributed by atoms with Crippen LogP contribution in [0.3, 0.4) is 0 Å². The largest absolute Gasteiger partial charge is 0.465 e. The molecule has 122 valence electrons. The second-order valence-electron chi connectivity index (χ2n) is 5.68. The van der Waals surface area contributed by atoms with Crippen molar-refractivity contribution in [3.05, 3.63) is 71.9 Å². The highest BCUT2D eigenvalue weighted by Gasteiger charge is 2.15. The zero-order chi connectivity index (χ0) is 16.9. The summed E-state index contributed by atoms with van der Waals surface area (Å²) in [5.41, 5.74) is 3.20. The van der Waals surface area contributed by atoms with Crippen LogP contribution in [0.4, 0.5) is 4.79 Å². The van der Waals surface area contributed by atoms with Crippen molar-refractivity contribution in [1.82, 2.24) is 9.88 Å². The van der Waals surface area contributed by atoms with Crippen LogP contribution in [-0.2, 0) is 17.8 Å². The van der Waals surface area contributed by atoms with E-state index in [2.05, 4.69) is 22.0 Å². The number of para-hydroxylation sites is 1. The van der Waals surface area contributed by atoms with E-state index in [0.29, 0.717) is 12.7 Å². The molecule has 0 radical (unpaired) electrons. The molecule has 0 fully saturated rings. The Morgan fingerprint density at radius 3 is 2.54 bits per heavy atom. The second-order valence-corrected chi connectivity index (χ2v) is 5.68. The number of hydrogen-bond donors (Lipinski definition) is 2. The van der Waals surface area contributed by atoms with Gasteiger partial charge in [-0.15, -0.1) is 0 Å². The summed E-state index contributed by atoms with van der Waals surface area (Å²) in [5.74, 6) is 0. The Kier molecular flexibility index (Phi) is 4.61. The number of carbonyl (C=O) groups is 2. The third kappa shape index (κ3) is 3.46. The van der Waals surface area contributed by atoms with E-state index in [-0.39, 0.29) is 0 Å². The number of aromatic nitrogens is 1. The van der Waals surface area contributed by atoms with Gasteiger partial charge in [0.15, 0.2) is 0 Å². The topological polar surface area (TPSA) is 71.3 Å². The number of hydrogen-bond acceptors (Lipinski definition) is 2. The van der Waals surface area contributed by atoms with Gasteiger partial charge in [0.2, 0.25) is 0 Å². The maximum atomic E-state index is 11.1. The Labute approximate surface area is 139 Å². The van der Waals surface area contributed by atoms with E-state index < -0.39 is 12.1 Å². The van der Waals surface area contributed by atoms with E-state index in [0.717, 1.165) is 23.0 Å². The highest BCUT2D eigenvalue weighted by Crippen LogP contribution is 2.23. The van der Waals surface area contributed by atoms with Crippen molar-refractivity contribution in [2.45, 2.75) is 19.0 Å². The van der Waals surface area contributed by atoms with E-state index in [4.69, 9.17) is 5.11 Å². The van der Waals surface area contributed by atoms with Crippen molar-refractivity contribution < 1.29 is 14.7 Å². The van der Waals surface area contributed by atoms with E-state index in [1.54, 1.807) is 0 Å². The van der Waals surface area contributed by atoms with Gasteiger partial charge in [-0.2, -0.15) is 0 Å². The molecule has 0 saturated carbocycles. The van der Waals surface area contributed by atoms with Gasteiger partial charge in [-0.05, 0) is 17.2 Å². The lowest BCUT2D eigenvalue weighted by Gasteiger charge is -2.09. The molecule has 1 unspecified atom stereocenters. The minimum absolute atomic E-state index is 0.331. The van der Waals surface area contributed by atoms with Crippen LogP contribution in [0, 0.1) is 0 Å². The van der Waals surface area contributed by atoms with Crippen LogP contribution < -0.4 is 5.32 Å². The summed E-state index contributed by atoms with van der Waals surface area (Å²) in [7, 11) is 0. The summed E-state index contributed by atoms with van der Waals surface area (Å²) in [4.78, 5) is 21.9. The summed E-state index contributed by atoms with van der Waals surface area (Å²) in [6.45, 7) is 0.722. The minimum Gasteiger partial charge on any atom is -0.465 e. The molecule has 3 aromatic rings. The zero-order valence-electron chi connectivity index (χ0n) is 13.1. The number of carboxylic acid groups (broad SMARTS) is 1. The molecule has 1 aromatic heterocycles. The fraction of sp³-hybridized carbons (Fsp3) is 0.158. The fourth-order valence-electron chi connectivity index (χ4n) is 2.93. The molecule has 1 amide bonds. The van der Waals surface area contributed by atoms with Crippen LogP contribution in [0.25, 0.3) is 10.9 Å². The Balaban J connectivity index is 1.94. The molecule has 0 bridgehead atoms. The SMILES string of the molecule is O=CC(Cc1cn(Cc2ccccc2)c2ccccc12)NC(=O)O. The van der Waals surface area contributed by atoms with E-state index in [1.165, 1.54) is 5.56 Å². The van der Waals surface area contributed by atoms with Gasteiger partial charge in [-0.25, -0.2) is 4.79 Å². The average Bonchev–Trinajstić information content (AvgIpc) is 2.93. The lowest BCUT2D eigenvalue weighted by molar-refractivity contribution is -0.109. The van der Waals surface area contributed by atoms with Gasteiger partial charge >= 0.3 is 6.09 Å². The number of nitrogens with one attached hydrogen (secondary N) is 1. The van der Waals surface area contributed by atoms with Gasteiger partial charge in [0.05, 0.1) is 6.04 Å². The molecule has 0 aliphatic heterocycles. The first-order valence-electron chi connectivity index (χ1n) is 7.73. The van der Waals surface area contributed by atoms with Gasteiger partial charge in [0.1, 0.15) is 6.29 Å². The molecule has 24 heavy (non-hydrogen) atoms. The molecule has 0 aliphatic rings. The third-order valence-electron chi connectivity index (χ3n) is 3.98. The van der Waals surface area contributed by atoms with Crippen LogP contribution in [0.1, 0.15) is 11.1 Å². The van der Waals surface area contributed by atoms with Crippen LogP contribution >= 0.6 is 0 Å². The number of rotatable bonds is 6. The summed E-state index contributed by atoms with van der Waals surface area (Å²) >= 11 is 0. The minimum atomic E-state index is -1.19. The lowest BCUT2D eigenvalue weighted by Crippen LogP contribution is -2.36. The third-order valence-corrected chi connectivity index (χ3v) is 3.98. The van der Waals surface area contributed by atoms with E-state index >= 15 is 0 Å². The number of nitrogens with zero attached hydrogens (tertiary/aromatic N) is 1. The molecule has 0 aliphatic carbocycles. The normalized spacial score (nSPS) is 12.0. The van der Waals surface area contributed by atoms with Gasteiger partial charge in [0.25, 0.3) is 0 Å². The molecule has 0 spiro atoms. The van der Waals surface area contributed by atoms with E-state index in [9.17, 15) is 9.59 Å².